The third-order valence-corrected chi connectivity index (χ3v) is 4.69. The first-order chi connectivity index (χ1) is 10.2. The minimum atomic E-state index is 0.0122. The van der Waals surface area contributed by atoms with E-state index < -0.39 is 0 Å². The molecule has 0 radical (unpaired) electrons. The molecular formula is C17H24N2O2. The Morgan fingerprint density at radius 1 is 1.24 bits per heavy atom. The summed E-state index contributed by atoms with van der Waals surface area (Å²) in [5.74, 6) is 0.911. The van der Waals surface area contributed by atoms with Crippen LogP contribution in [0.5, 0.6) is 5.75 Å². The number of ether oxygens (including phenoxy) is 1. The summed E-state index contributed by atoms with van der Waals surface area (Å²) >= 11 is 0. The van der Waals surface area contributed by atoms with Crippen molar-refractivity contribution in [3.63, 3.8) is 0 Å². The number of benzene rings is 1. The molecule has 2 aliphatic rings. The van der Waals surface area contributed by atoms with Gasteiger partial charge in [0.25, 0.3) is 0 Å². The predicted octanol–water partition coefficient (Wildman–Crippen LogP) is 3.31. The number of nitrogens with zero attached hydrogens (tertiary/aromatic N) is 1. The smallest absolute Gasteiger partial charge is 0.317 e. The van der Waals surface area contributed by atoms with Gasteiger partial charge in [-0.2, -0.15) is 0 Å². The van der Waals surface area contributed by atoms with Crippen molar-refractivity contribution >= 4 is 6.03 Å². The molecule has 0 unspecified atom stereocenters. The lowest BCUT2D eigenvalue weighted by molar-refractivity contribution is 0.119. The van der Waals surface area contributed by atoms with Gasteiger partial charge in [-0.3, -0.25) is 0 Å². The van der Waals surface area contributed by atoms with E-state index in [2.05, 4.69) is 5.32 Å². The Kier molecular flexibility index (Phi) is 4.32. The van der Waals surface area contributed by atoms with E-state index in [-0.39, 0.29) is 6.03 Å². The molecule has 2 saturated carbocycles. The van der Waals surface area contributed by atoms with Crippen molar-refractivity contribution in [1.82, 2.24) is 10.2 Å². The Morgan fingerprint density at radius 3 is 2.57 bits per heavy atom. The maximum Gasteiger partial charge on any atom is 0.317 e. The summed E-state index contributed by atoms with van der Waals surface area (Å²) in [5, 5.41) is 3.00. The zero-order valence-electron chi connectivity index (χ0n) is 12.7. The van der Waals surface area contributed by atoms with Crippen LogP contribution >= 0.6 is 0 Å². The van der Waals surface area contributed by atoms with E-state index in [1.165, 1.54) is 12.8 Å². The number of carbonyl (C=O) groups excluding carboxylic acids is 1. The summed E-state index contributed by atoms with van der Waals surface area (Å²) in [4.78, 5) is 14.0. The van der Waals surface area contributed by atoms with Crippen LogP contribution in [0.1, 0.15) is 44.1 Å². The van der Waals surface area contributed by atoms with E-state index in [0.717, 1.165) is 37.0 Å². The third kappa shape index (κ3) is 3.31. The molecule has 2 amide bonds. The molecule has 4 nitrogen and oxygen atoms in total. The van der Waals surface area contributed by atoms with E-state index in [9.17, 15) is 4.79 Å². The van der Waals surface area contributed by atoms with Gasteiger partial charge in [0, 0.05) is 25.2 Å². The van der Waals surface area contributed by atoms with E-state index in [0.29, 0.717) is 18.7 Å². The van der Waals surface area contributed by atoms with Crippen molar-refractivity contribution in [2.75, 3.05) is 7.05 Å². The number of rotatable bonds is 5. The van der Waals surface area contributed by atoms with Crippen LogP contribution < -0.4 is 10.1 Å². The molecule has 0 atom stereocenters. The summed E-state index contributed by atoms with van der Waals surface area (Å²) in [6, 6.07) is 8.43. The molecule has 1 aromatic carbocycles. The van der Waals surface area contributed by atoms with Crippen molar-refractivity contribution in [3.05, 3.63) is 29.8 Å². The van der Waals surface area contributed by atoms with Crippen molar-refractivity contribution in [2.45, 2.75) is 57.2 Å². The largest absolute Gasteiger partial charge is 0.490 e. The first-order valence-electron chi connectivity index (χ1n) is 7.99. The van der Waals surface area contributed by atoms with Gasteiger partial charge in [0.15, 0.2) is 0 Å². The van der Waals surface area contributed by atoms with Crippen molar-refractivity contribution in [2.24, 2.45) is 0 Å². The van der Waals surface area contributed by atoms with Crippen LogP contribution in [0.4, 0.5) is 4.79 Å². The van der Waals surface area contributed by atoms with Gasteiger partial charge < -0.3 is 15.0 Å². The lowest BCUT2D eigenvalue weighted by Gasteiger charge is -2.34. The van der Waals surface area contributed by atoms with Crippen LogP contribution in [0.3, 0.4) is 0 Å². The molecule has 3 rings (SSSR count). The van der Waals surface area contributed by atoms with Gasteiger partial charge in [0.1, 0.15) is 5.75 Å². The van der Waals surface area contributed by atoms with Crippen LogP contribution in [0.2, 0.25) is 0 Å². The average Bonchev–Trinajstić information content (AvgIpc) is 2.39. The van der Waals surface area contributed by atoms with Crippen molar-refractivity contribution in [3.8, 4) is 5.75 Å². The van der Waals surface area contributed by atoms with Gasteiger partial charge in [-0.05, 0) is 44.6 Å². The average molecular weight is 288 g/mol. The number of urea groups is 1. The summed E-state index contributed by atoms with van der Waals surface area (Å²) in [7, 11) is 1.88. The van der Waals surface area contributed by atoms with E-state index in [1.54, 1.807) is 0 Å². The van der Waals surface area contributed by atoms with Crippen LogP contribution in [0.25, 0.3) is 0 Å². The maximum atomic E-state index is 12.1. The fourth-order valence-electron chi connectivity index (χ4n) is 2.67. The molecule has 1 N–H and O–H groups in total. The van der Waals surface area contributed by atoms with Gasteiger partial charge in [0.2, 0.25) is 0 Å². The quantitative estimate of drug-likeness (QED) is 0.903. The van der Waals surface area contributed by atoms with Crippen LogP contribution in [-0.2, 0) is 6.54 Å². The summed E-state index contributed by atoms with van der Waals surface area (Å²) in [5.41, 5.74) is 1.06. The number of para-hydroxylation sites is 1. The number of carbonyl (C=O) groups is 1. The zero-order valence-corrected chi connectivity index (χ0v) is 12.7. The molecule has 0 bridgehead atoms. The Morgan fingerprint density at radius 2 is 1.95 bits per heavy atom. The predicted molar refractivity (Wildman–Crippen MR) is 82.3 cm³/mol. The lowest BCUT2D eigenvalue weighted by Crippen LogP contribution is -2.46. The van der Waals surface area contributed by atoms with E-state index >= 15 is 0 Å². The fraction of sp³-hybridized carbons (Fsp3) is 0.588. The molecule has 0 aliphatic heterocycles. The molecule has 0 heterocycles. The summed E-state index contributed by atoms with van der Waals surface area (Å²) < 4.78 is 5.99. The number of nitrogens with one attached hydrogen (secondary N) is 1. The number of amides is 2. The number of hydrogen-bond acceptors (Lipinski definition) is 2. The van der Waals surface area contributed by atoms with Gasteiger partial charge in [0.05, 0.1) is 6.10 Å². The monoisotopic (exact) mass is 288 g/mol. The highest BCUT2D eigenvalue weighted by Crippen LogP contribution is 2.27. The topological polar surface area (TPSA) is 41.6 Å². The molecule has 0 aromatic heterocycles. The van der Waals surface area contributed by atoms with Gasteiger partial charge >= 0.3 is 6.03 Å². The summed E-state index contributed by atoms with van der Waals surface area (Å²) in [6.45, 7) is 0.527. The van der Waals surface area contributed by atoms with E-state index in [1.807, 2.05) is 36.2 Å². The molecule has 2 fully saturated rings. The lowest BCUT2D eigenvalue weighted by atomic mass is 9.92. The molecule has 21 heavy (non-hydrogen) atoms. The van der Waals surface area contributed by atoms with Gasteiger partial charge in [-0.15, -0.1) is 0 Å². The normalized spacial score (nSPS) is 18.5. The van der Waals surface area contributed by atoms with Gasteiger partial charge in [-0.1, -0.05) is 18.2 Å². The Labute approximate surface area is 126 Å². The highest BCUT2D eigenvalue weighted by atomic mass is 16.5. The second-order valence-electron chi connectivity index (χ2n) is 6.13. The van der Waals surface area contributed by atoms with E-state index in [4.69, 9.17) is 4.74 Å². The minimum Gasteiger partial charge on any atom is -0.490 e. The second kappa shape index (κ2) is 6.37. The molecule has 114 valence electrons. The highest BCUT2D eigenvalue weighted by Gasteiger charge is 2.25. The van der Waals surface area contributed by atoms with Gasteiger partial charge in [-0.25, -0.2) is 4.79 Å². The highest BCUT2D eigenvalue weighted by molar-refractivity contribution is 5.74. The Bertz CT molecular complexity index is 495. The van der Waals surface area contributed by atoms with Crippen LogP contribution in [0, 0.1) is 0 Å². The fourth-order valence-corrected chi connectivity index (χ4v) is 2.67. The molecule has 4 heteroatoms. The minimum absolute atomic E-state index is 0.0122. The molecule has 2 aliphatic carbocycles. The molecule has 0 saturated heterocycles. The summed E-state index contributed by atoms with van der Waals surface area (Å²) in [6.07, 6.45) is 7.41. The SMILES string of the molecule is CN(C(=O)NCc1ccccc1OC1CCC1)C1CCC1. The van der Waals surface area contributed by atoms with Crippen molar-refractivity contribution in [1.29, 1.82) is 0 Å². The first-order valence-corrected chi connectivity index (χ1v) is 7.99. The Balaban J connectivity index is 1.55. The standard InChI is InChI=1S/C17H24N2O2/c1-19(14-7-4-8-14)17(20)18-12-13-6-2-3-11-16(13)21-15-9-5-10-15/h2-3,6,11,14-15H,4-5,7-10,12H2,1H3,(H,18,20). The zero-order chi connectivity index (χ0) is 14.7. The van der Waals surface area contributed by atoms with Crippen LogP contribution in [0.15, 0.2) is 24.3 Å². The molecular weight excluding hydrogens is 264 g/mol. The third-order valence-electron chi connectivity index (χ3n) is 4.69. The molecule has 0 spiro atoms. The van der Waals surface area contributed by atoms with Crippen molar-refractivity contribution < 1.29 is 9.53 Å². The maximum absolute atomic E-state index is 12.1. The Hall–Kier alpha value is -1.71. The van der Waals surface area contributed by atoms with Crippen LogP contribution in [-0.4, -0.2) is 30.1 Å². The first kappa shape index (κ1) is 14.2. The number of hydrogen-bond donors (Lipinski definition) is 1. The second-order valence-corrected chi connectivity index (χ2v) is 6.13. The molecule has 1 aromatic rings.